The molecule has 0 radical (unpaired) electrons. The summed E-state index contributed by atoms with van der Waals surface area (Å²) in [6.07, 6.45) is 3.99. The Labute approximate surface area is 109 Å². The number of likely N-dealkylation sites (N-methyl/N-ethyl adjacent to an activating group) is 1. The van der Waals surface area contributed by atoms with Gasteiger partial charge in [-0.25, -0.2) is 0 Å². The van der Waals surface area contributed by atoms with Crippen molar-refractivity contribution in [2.45, 2.75) is 33.1 Å². The average Bonchev–Trinajstić information content (AvgIpc) is 2.24. The van der Waals surface area contributed by atoms with Gasteiger partial charge in [-0.3, -0.25) is 0 Å². The topological polar surface area (TPSA) is 18.5 Å². The summed E-state index contributed by atoms with van der Waals surface area (Å²) < 4.78 is 0. The van der Waals surface area contributed by atoms with E-state index in [1.165, 1.54) is 45.4 Å². The van der Waals surface area contributed by atoms with Crippen LogP contribution in [0.2, 0.25) is 0 Å². The van der Waals surface area contributed by atoms with Gasteiger partial charge in [0, 0.05) is 19.6 Å². The zero-order valence-corrected chi connectivity index (χ0v) is 12.6. The van der Waals surface area contributed by atoms with Gasteiger partial charge in [-0.2, -0.15) is 0 Å². The van der Waals surface area contributed by atoms with E-state index in [-0.39, 0.29) is 0 Å². The zero-order valence-electron chi connectivity index (χ0n) is 12.6. The second-order valence-electron chi connectivity index (χ2n) is 5.66. The highest BCUT2D eigenvalue weighted by atomic mass is 15.2. The molecule has 0 heterocycles. The van der Waals surface area contributed by atoms with Crippen LogP contribution in [0, 0.1) is 5.92 Å². The molecule has 3 heteroatoms. The zero-order chi connectivity index (χ0) is 13.1. The van der Waals surface area contributed by atoms with Crippen molar-refractivity contribution in [2.24, 2.45) is 5.92 Å². The van der Waals surface area contributed by atoms with Gasteiger partial charge in [0.05, 0.1) is 0 Å². The first-order valence-corrected chi connectivity index (χ1v) is 7.08. The van der Waals surface area contributed by atoms with E-state index < -0.39 is 0 Å². The monoisotopic (exact) mass is 243 g/mol. The molecule has 17 heavy (non-hydrogen) atoms. The standard InChI is InChI=1S/C14H33N3/c1-14(2)13-17(12-11-16(4)5)10-8-6-7-9-15-3/h14-15H,6-13H2,1-5H3. The molecular weight excluding hydrogens is 210 g/mol. The van der Waals surface area contributed by atoms with Crippen molar-refractivity contribution in [1.82, 2.24) is 15.1 Å². The lowest BCUT2D eigenvalue weighted by molar-refractivity contribution is 0.215. The van der Waals surface area contributed by atoms with Crippen LogP contribution in [-0.2, 0) is 0 Å². The summed E-state index contributed by atoms with van der Waals surface area (Å²) >= 11 is 0. The van der Waals surface area contributed by atoms with Crippen LogP contribution >= 0.6 is 0 Å². The highest BCUT2D eigenvalue weighted by Gasteiger charge is 2.07. The number of nitrogens with zero attached hydrogens (tertiary/aromatic N) is 2. The number of hydrogen-bond acceptors (Lipinski definition) is 3. The molecule has 0 atom stereocenters. The molecule has 0 aliphatic heterocycles. The quantitative estimate of drug-likeness (QED) is 0.559. The molecule has 0 aromatic carbocycles. The van der Waals surface area contributed by atoms with E-state index in [1.807, 2.05) is 7.05 Å². The van der Waals surface area contributed by atoms with Gasteiger partial charge >= 0.3 is 0 Å². The number of rotatable bonds is 11. The Balaban J connectivity index is 3.69. The summed E-state index contributed by atoms with van der Waals surface area (Å²) in [7, 11) is 6.34. The second-order valence-corrected chi connectivity index (χ2v) is 5.66. The summed E-state index contributed by atoms with van der Waals surface area (Å²) in [4.78, 5) is 4.89. The van der Waals surface area contributed by atoms with E-state index in [9.17, 15) is 0 Å². The van der Waals surface area contributed by atoms with Crippen LogP contribution in [0.15, 0.2) is 0 Å². The summed E-state index contributed by atoms with van der Waals surface area (Å²) in [5.74, 6) is 0.773. The minimum absolute atomic E-state index is 0.773. The first kappa shape index (κ1) is 16.9. The molecule has 0 aromatic heterocycles. The van der Waals surface area contributed by atoms with Crippen molar-refractivity contribution in [2.75, 3.05) is 53.9 Å². The van der Waals surface area contributed by atoms with Crippen molar-refractivity contribution in [1.29, 1.82) is 0 Å². The lowest BCUT2D eigenvalue weighted by Crippen LogP contribution is -2.35. The van der Waals surface area contributed by atoms with E-state index in [4.69, 9.17) is 0 Å². The fourth-order valence-electron chi connectivity index (χ4n) is 1.97. The smallest absolute Gasteiger partial charge is 0.0109 e. The maximum atomic E-state index is 3.21. The first-order chi connectivity index (χ1) is 8.06. The van der Waals surface area contributed by atoms with E-state index in [2.05, 4.69) is 43.1 Å². The van der Waals surface area contributed by atoms with Crippen LogP contribution < -0.4 is 5.32 Å². The lowest BCUT2D eigenvalue weighted by atomic mass is 10.2. The van der Waals surface area contributed by atoms with Crippen LogP contribution in [-0.4, -0.2) is 63.7 Å². The molecule has 104 valence electrons. The Hall–Kier alpha value is -0.120. The van der Waals surface area contributed by atoms with Crippen molar-refractivity contribution < 1.29 is 0 Å². The Morgan fingerprint density at radius 2 is 1.65 bits per heavy atom. The van der Waals surface area contributed by atoms with E-state index in [0.29, 0.717) is 0 Å². The molecule has 3 nitrogen and oxygen atoms in total. The summed E-state index contributed by atoms with van der Waals surface area (Å²) in [6.45, 7) is 10.6. The lowest BCUT2D eigenvalue weighted by Gasteiger charge is -2.25. The maximum Gasteiger partial charge on any atom is 0.0109 e. The predicted molar refractivity (Wildman–Crippen MR) is 77.6 cm³/mol. The highest BCUT2D eigenvalue weighted by Crippen LogP contribution is 2.03. The van der Waals surface area contributed by atoms with Crippen LogP contribution in [0.1, 0.15) is 33.1 Å². The molecule has 0 aliphatic carbocycles. The normalized spacial score (nSPS) is 12.0. The molecule has 0 amide bonds. The minimum atomic E-state index is 0.773. The van der Waals surface area contributed by atoms with Crippen molar-refractivity contribution in [3.63, 3.8) is 0 Å². The minimum Gasteiger partial charge on any atom is -0.320 e. The molecule has 0 rings (SSSR count). The molecule has 0 bridgehead atoms. The van der Waals surface area contributed by atoms with Crippen molar-refractivity contribution >= 4 is 0 Å². The van der Waals surface area contributed by atoms with Gasteiger partial charge in [-0.05, 0) is 53.0 Å². The van der Waals surface area contributed by atoms with Gasteiger partial charge < -0.3 is 15.1 Å². The fraction of sp³-hybridized carbons (Fsp3) is 1.00. The second kappa shape index (κ2) is 11.0. The first-order valence-electron chi connectivity index (χ1n) is 7.08. The predicted octanol–water partition coefficient (Wildman–Crippen LogP) is 1.90. The number of nitrogens with one attached hydrogen (secondary N) is 1. The molecule has 0 aliphatic rings. The maximum absolute atomic E-state index is 3.21. The van der Waals surface area contributed by atoms with Crippen LogP contribution in [0.5, 0.6) is 0 Å². The van der Waals surface area contributed by atoms with E-state index in [0.717, 1.165) is 12.5 Å². The highest BCUT2D eigenvalue weighted by molar-refractivity contribution is 4.62. The third kappa shape index (κ3) is 12.1. The van der Waals surface area contributed by atoms with Gasteiger partial charge in [0.1, 0.15) is 0 Å². The Morgan fingerprint density at radius 1 is 0.941 bits per heavy atom. The molecule has 0 saturated heterocycles. The summed E-state index contributed by atoms with van der Waals surface area (Å²) in [6, 6.07) is 0. The molecule has 0 saturated carbocycles. The van der Waals surface area contributed by atoms with Crippen LogP contribution in [0.25, 0.3) is 0 Å². The molecule has 0 fully saturated rings. The van der Waals surface area contributed by atoms with Gasteiger partial charge in [-0.15, -0.1) is 0 Å². The van der Waals surface area contributed by atoms with Crippen molar-refractivity contribution in [3.8, 4) is 0 Å². The molecule has 1 N–H and O–H groups in total. The van der Waals surface area contributed by atoms with E-state index >= 15 is 0 Å². The Morgan fingerprint density at radius 3 is 2.18 bits per heavy atom. The van der Waals surface area contributed by atoms with Gasteiger partial charge in [-0.1, -0.05) is 20.3 Å². The summed E-state index contributed by atoms with van der Waals surface area (Å²) in [5, 5.41) is 3.21. The van der Waals surface area contributed by atoms with Gasteiger partial charge in [0.15, 0.2) is 0 Å². The third-order valence-electron chi connectivity index (χ3n) is 2.89. The Kier molecular flexibility index (Phi) is 10.9. The largest absolute Gasteiger partial charge is 0.320 e. The SMILES string of the molecule is CNCCCCCN(CCN(C)C)CC(C)C. The Bertz CT molecular complexity index is 158. The molecule has 0 unspecified atom stereocenters. The van der Waals surface area contributed by atoms with Gasteiger partial charge in [0.25, 0.3) is 0 Å². The summed E-state index contributed by atoms with van der Waals surface area (Å²) in [5.41, 5.74) is 0. The molecule has 0 aromatic rings. The fourth-order valence-corrected chi connectivity index (χ4v) is 1.97. The van der Waals surface area contributed by atoms with Gasteiger partial charge in [0.2, 0.25) is 0 Å². The van der Waals surface area contributed by atoms with Crippen molar-refractivity contribution in [3.05, 3.63) is 0 Å². The average molecular weight is 243 g/mol. The van der Waals surface area contributed by atoms with E-state index in [1.54, 1.807) is 0 Å². The number of hydrogen-bond donors (Lipinski definition) is 1. The number of unbranched alkanes of at least 4 members (excludes halogenated alkanes) is 2. The van der Waals surface area contributed by atoms with Crippen LogP contribution in [0.3, 0.4) is 0 Å². The third-order valence-corrected chi connectivity index (χ3v) is 2.89. The molecule has 0 spiro atoms. The molecular formula is C14H33N3. The van der Waals surface area contributed by atoms with Crippen LogP contribution in [0.4, 0.5) is 0 Å².